The van der Waals surface area contributed by atoms with Crippen LogP contribution in [0, 0.1) is 0 Å². The molecular formula is C22H25Cl2NO6S. The lowest BCUT2D eigenvalue weighted by Gasteiger charge is -2.29. The molecule has 174 valence electrons. The zero-order chi connectivity index (χ0) is 23.5. The van der Waals surface area contributed by atoms with Crippen LogP contribution in [0.5, 0.6) is 17.2 Å². The Morgan fingerprint density at radius 1 is 1.09 bits per heavy atom. The van der Waals surface area contributed by atoms with Gasteiger partial charge in [0.05, 0.1) is 42.4 Å². The van der Waals surface area contributed by atoms with Gasteiger partial charge in [-0.15, -0.1) is 0 Å². The van der Waals surface area contributed by atoms with E-state index in [9.17, 15) is 13.2 Å². The van der Waals surface area contributed by atoms with Crippen LogP contribution in [-0.2, 0) is 16.4 Å². The number of sulfone groups is 1. The Morgan fingerprint density at radius 2 is 1.75 bits per heavy atom. The molecule has 1 heterocycles. The molecule has 0 saturated carbocycles. The first-order chi connectivity index (χ1) is 15.2. The predicted octanol–water partition coefficient (Wildman–Crippen LogP) is 4.24. The van der Waals surface area contributed by atoms with E-state index >= 15 is 0 Å². The molecule has 0 radical (unpaired) electrons. The molecule has 0 aliphatic carbocycles. The maximum Gasteiger partial charge on any atom is 0.254 e. The van der Waals surface area contributed by atoms with Gasteiger partial charge in [-0.1, -0.05) is 29.3 Å². The lowest BCUT2D eigenvalue weighted by molar-refractivity contribution is 0.0680. The molecule has 2 aromatic carbocycles. The summed E-state index contributed by atoms with van der Waals surface area (Å²) in [7, 11) is -0.149. The highest BCUT2D eigenvalue weighted by molar-refractivity contribution is 7.91. The van der Waals surface area contributed by atoms with E-state index in [0.717, 1.165) is 5.56 Å². The lowest BCUT2D eigenvalue weighted by Crippen LogP contribution is -2.40. The van der Waals surface area contributed by atoms with E-state index < -0.39 is 15.9 Å². The van der Waals surface area contributed by atoms with Crippen LogP contribution >= 0.6 is 23.2 Å². The van der Waals surface area contributed by atoms with Gasteiger partial charge in [0.2, 0.25) is 0 Å². The van der Waals surface area contributed by atoms with Gasteiger partial charge in [0.1, 0.15) is 0 Å². The molecular weight excluding hydrogens is 477 g/mol. The second-order valence-electron chi connectivity index (χ2n) is 7.38. The Balaban J connectivity index is 1.97. The first-order valence-corrected chi connectivity index (χ1v) is 12.6. The average Bonchev–Trinajstić information content (AvgIpc) is 3.13. The molecule has 1 amide bonds. The second kappa shape index (κ2) is 10.2. The standard InChI is InChI=1S/C22H25Cl2NO6S/c1-4-31-21-17(23)10-15(11-18(21)24)22(26)25(16-7-8-32(27,28)13-16)12-14-5-6-19(29-2)20(9-14)30-3/h5-6,9-11,16H,4,7-8,12-13H2,1-3H3/t16-/m1/s1. The zero-order valence-corrected chi connectivity index (χ0v) is 20.4. The normalized spacial score (nSPS) is 17.1. The number of ether oxygens (including phenoxy) is 3. The summed E-state index contributed by atoms with van der Waals surface area (Å²) in [6.45, 7) is 2.36. The van der Waals surface area contributed by atoms with Crippen molar-refractivity contribution in [3.8, 4) is 17.2 Å². The molecule has 0 unspecified atom stereocenters. The Hall–Kier alpha value is -2.16. The summed E-state index contributed by atoms with van der Waals surface area (Å²) in [4.78, 5) is 15.1. The Bertz CT molecular complexity index is 1080. The van der Waals surface area contributed by atoms with Gasteiger partial charge in [-0.3, -0.25) is 4.79 Å². The van der Waals surface area contributed by atoms with Gasteiger partial charge < -0.3 is 19.1 Å². The molecule has 1 fully saturated rings. The summed E-state index contributed by atoms with van der Waals surface area (Å²) in [5, 5.41) is 0.431. The van der Waals surface area contributed by atoms with E-state index in [0.29, 0.717) is 30.3 Å². The highest BCUT2D eigenvalue weighted by Gasteiger charge is 2.35. The van der Waals surface area contributed by atoms with Crippen LogP contribution in [0.3, 0.4) is 0 Å². The maximum absolute atomic E-state index is 13.5. The number of rotatable bonds is 8. The van der Waals surface area contributed by atoms with Crippen molar-refractivity contribution in [2.24, 2.45) is 0 Å². The molecule has 0 bridgehead atoms. The molecule has 1 saturated heterocycles. The monoisotopic (exact) mass is 501 g/mol. The summed E-state index contributed by atoms with van der Waals surface area (Å²) < 4.78 is 40.3. The van der Waals surface area contributed by atoms with E-state index in [-0.39, 0.29) is 39.6 Å². The number of carbonyl (C=O) groups excluding carboxylic acids is 1. The fourth-order valence-corrected chi connectivity index (χ4v) is 6.02. The molecule has 1 aliphatic rings. The number of nitrogens with zero attached hydrogens (tertiary/aromatic N) is 1. The molecule has 7 nitrogen and oxygen atoms in total. The third-order valence-corrected chi connectivity index (χ3v) is 7.56. The fourth-order valence-electron chi connectivity index (χ4n) is 3.70. The minimum Gasteiger partial charge on any atom is -0.493 e. The third kappa shape index (κ3) is 5.42. The average molecular weight is 502 g/mol. The Kier molecular flexibility index (Phi) is 7.79. The number of methoxy groups -OCH3 is 2. The molecule has 2 aromatic rings. The van der Waals surface area contributed by atoms with Crippen molar-refractivity contribution in [1.82, 2.24) is 4.90 Å². The minimum atomic E-state index is -3.21. The Labute approximate surface area is 198 Å². The van der Waals surface area contributed by atoms with Crippen molar-refractivity contribution >= 4 is 38.9 Å². The molecule has 0 N–H and O–H groups in total. The van der Waals surface area contributed by atoms with Crippen LogP contribution in [-0.4, -0.2) is 57.6 Å². The van der Waals surface area contributed by atoms with Gasteiger partial charge >= 0.3 is 0 Å². The van der Waals surface area contributed by atoms with Crippen LogP contribution in [0.2, 0.25) is 10.0 Å². The van der Waals surface area contributed by atoms with Crippen molar-refractivity contribution in [3.63, 3.8) is 0 Å². The number of benzene rings is 2. The molecule has 0 aromatic heterocycles. The molecule has 10 heteroatoms. The molecule has 1 aliphatic heterocycles. The van der Waals surface area contributed by atoms with Crippen molar-refractivity contribution in [2.75, 3.05) is 32.3 Å². The van der Waals surface area contributed by atoms with Gasteiger partial charge in [0.25, 0.3) is 5.91 Å². The molecule has 0 spiro atoms. The van der Waals surface area contributed by atoms with Crippen molar-refractivity contribution in [1.29, 1.82) is 0 Å². The van der Waals surface area contributed by atoms with E-state index in [1.165, 1.54) is 26.4 Å². The summed E-state index contributed by atoms with van der Waals surface area (Å²) in [6.07, 6.45) is 0.361. The summed E-state index contributed by atoms with van der Waals surface area (Å²) in [5.41, 5.74) is 1.02. The molecule has 3 rings (SSSR count). The molecule has 32 heavy (non-hydrogen) atoms. The van der Waals surface area contributed by atoms with E-state index in [1.54, 1.807) is 24.0 Å². The fraction of sp³-hybridized carbons (Fsp3) is 0.409. The first kappa shape index (κ1) is 24.5. The smallest absolute Gasteiger partial charge is 0.254 e. The number of amides is 1. The van der Waals surface area contributed by atoms with Gasteiger partial charge in [-0.25, -0.2) is 8.42 Å². The third-order valence-electron chi connectivity index (χ3n) is 5.24. The summed E-state index contributed by atoms with van der Waals surface area (Å²) in [5.74, 6) is 0.963. The van der Waals surface area contributed by atoms with Crippen LogP contribution in [0.4, 0.5) is 0 Å². The van der Waals surface area contributed by atoms with Gasteiger partial charge in [-0.2, -0.15) is 0 Å². The number of halogens is 2. The van der Waals surface area contributed by atoms with Gasteiger partial charge in [-0.05, 0) is 43.2 Å². The highest BCUT2D eigenvalue weighted by Crippen LogP contribution is 2.35. The van der Waals surface area contributed by atoms with Gasteiger partial charge in [0.15, 0.2) is 27.1 Å². The van der Waals surface area contributed by atoms with E-state index in [1.807, 2.05) is 6.07 Å². The van der Waals surface area contributed by atoms with Crippen molar-refractivity contribution in [2.45, 2.75) is 25.9 Å². The lowest BCUT2D eigenvalue weighted by atomic mass is 10.1. The topological polar surface area (TPSA) is 82.1 Å². The highest BCUT2D eigenvalue weighted by atomic mass is 35.5. The van der Waals surface area contributed by atoms with E-state index in [2.05, 4.69) is 0 Å². The zero-order valence-electron chi connectivity index (χ0n) is 18.1. The number of carbonyl (C=O) groups is 1. The quantitative estimate of drug-likeness (QED) is 0.537. The largest absolute Gasteiger partial charge is 0.493 e. The van der Waals surface area contributed by atoms with Crippen molar-refractivity contribution < 1.29 is 27.4 Å². The summed E-state index contributed by atoms with van der Waals surface area (Å²) >= 11 is 12.6. The SMILES string of the molecule is CCOc1c(Cl)cc(C(=O)N(Cc2ccc(OC)c(OC)c2)[C@@H]2CCS(=O)(=O)C2)cc1Cl. The van der Waals surface area contributed by atoms with E-state index in [4.69, 9.17) is 37.4 Å². The minimum absolute atomic E-state index is 0.0399. The number of hydrogen-bond donors (Lipinski definition) is 0. The first-order valence-electron chi connectivity index (χ1n) is 10.0. The predicted molar refractivity (Wildman–Crippen MR) is 124 cm³/mol. The van der Waals surface area contributed by atoms with Crippen LogP contribution in [0.15, 0.2) is 30.3 Å². The van der Waals surface area contributed by atoms with Gasteiger partial charge in [0, 0.05) is 18.2 Å². The second-order valence-corrected chi connectivity index (χ2v) is 10.4. The van der Waals surface area contributed by atoms with Crippen molar-refractivity contribution in [3.05, 3.63) is 51.5 Å². The maximum atomic E-state index is 13.5. The van der Waals surface area contributed by atoms with Crippen LogP contribution < -0.4 is 14.2 Å². The molecule has 1 atom stereocenters. The Morgan fingerprint density at radius 3 is 2.28 bits per heavy atom. The van der Waals surface area contributed by atoms with Crippen LogP contribution in [0.25, 0.3) is 0 Å². The summed E-state index contributed by atoms with van der Waals surface area (Å²) in [6, 6.07) is 7.83. The number of hydrogen-bond acceptors (Lipinski definition) is 6. The van der Waals surface area contributed by atoms with Crippen LogP contribution in [0.1, 0.15) is 29.3 Å².